The molecule has 1 atom stereocenters. The van der Waals surface area contributed by atoms with Crippen molar-refractivity contribution >= 4 is 23.2 Å². The Morgan fingerprint density at radius 2 is 2.50 bits per heavy atom. The molecule has 2 aromatic rings. The van der Waals surface area contributed by atoms with Gasteiger partial charge in [0, 0.05) is 12.1 Å². The van der Waals surface area contributed by atoms with Crippen molar-refractivity contribution in [2.24, 2.45) is 0 Å². The molecule has 2 heterocycles. The molecule has 0 aliphatic carbocycles. The first kappa shape index (κ1) is 10.9. The highest BCUT2D eigenvalue weighted by Crippen LogP contribution is 2.15. The lowest BCUT2D eigenvalue weighted by Crippen LogP contribution is -2.16. The number of hydrogen-bond donors (Lipinski definition) is 1. The Bertz CT molecular complexity index is 507. The van der Waals surface area contributed by atoms with E-state index in [4.69, 9.17) is 11.6 Å². The number of rotatable bonds is 4. The quantitative estimate of drug-likeness (QED) is 0.654. The first-order valence-corrected chi connectivity index (χ1v) is 5.32. The average Bonchev–Trinajstić information content (AvgIpc) is 2.65. The molecule has 0 radical (unpaired) electrons. The van der Waals surface area contributed by atoms with Crippen LogP contribution in [0.25, 0.3) is 5.78 Å². The molecule has 0 aliphatic heterocycles. The molecule has 0 aromatic carbocycles. The van der Waals surface area contributed by atoms with Crippen LogP contribution < -0.4 is 5.32 Å². The Morgan fingerprint density at radius 1 is 1.69 bits per heavy atom. The molecule has 0 amide bonds. The third-order valence-corrected chi connectivity index (χ3v) is 2.33. The zero-order valence-corrected chi connectivity index (χ0v) is 9.65. The summed E-state index contributed by atoms with van der Waals surface area (Å²) in [5, 5.41) is 7.74. The Hall–Kier alpha value is -1.62. The molecule has 0 saturated carbocycles. The maximum atomic E-state index is 5.89. The zero-order valence-electron chi connectivity index (χ0n) is 8.89. The molecule has 0 saturated heterocycles. The molecule has 0 spiro atoms. The van der Waals surface area contributed by atoms with Gasteiger partial charge in [-0.2, -0.15) is 19.6 Å². The number of nitrogens with one attached hydrogen (secondary N) is 1. The summed E-state index contributed by atoms with van der Waals surface area (Å²) >= 11 is 5.89. The minimum atomic E-state index is 0.253. The zero-order chi connectivity index (χ0) is 11.5. The lowest BCUT2D eigenvalue weighted by Gasteiger charge is -2.13. The van der Waals surface area contributed by atoms with Crippen LogP contribution in [0.1, 0.15) is 13.3 Å². The fourth-order valence-electron chi connectivity index (χ4n) is 1.45. The average molecular weight is 238 g/mol. The van der Waals surface area contributed by atoms with Crippen molar-refractivity contribution < 1.29 is 0 Å². The van der Waals surface area contributed by atoms with Crippen molar-refractivity contribution in [1.82, 2.24) is 19.6 Å². The largest absolute Gasteiger partial charge is 0.367 e. The third-order valence-electron chi connectivity index (χ3n) is 2.14. The fourth-order valence-corrected chi connectivity index (χ4v) is 1.63. The van der Waals surface area contributed by atoms with Crippen LogP contribution in [-0.2, 0) is 0 Å². The van der Waals surface area contributed by atoms with Crippen LogP contribution in [-0.4, -0.2) is 25.6 Å². The highest BCUT2D eigenvalue weighted by atomic mass is 35.5. The van der Waals surface area contributed by atoms with Gasteiger partial charge in [-0.1, -0.05) is 17.7 Å². The van der Waals surface area contributed by atoms with Crippen molar-refractivity contribution in [2.75, 3.05) is 5.32 Å². The van der Waals surface area contributed by atoms with Crippen LogP contribution in [0.3, 0.4) is 0 Å². The maximum absolute atomic E-state index is 5.89. The SMILES string of the molecule is C=CCC(C)Nc1cc(Cl)nc2ncnn12. The fraction of sp³-hybridized carbons (Fsp3) is 0.300. The van der Waals surface area contributed by atoms with Gasteiger partial charge in [-0.05, 0) is 13.3 Å². The number of nitrogens with zero attached hydrogens (tertiary/aromatic N) is 4. The smallest absolute Gasteiger partial charge is 0.255 e. The van der Waals surface area contributed by atoms with Crippen molar-refractivity contribution in [2.45, 2.75) is 19.4 Å². The number of anilines is 1. The number of aromatic nitrogens is 4. The monoisotopic (exact) mass is 237 g/mol. The summed E-state index contributed by atoms with van der Waals surface area (Å²) < 4.78 is 1.62. The van der Waals surface area contributed by atoms with Crippen molar-refractivity contribution in [1.29, 1.82) is 0 Å². The predicted octanol–water partition coefficient (Wildman–Crippen LogP) is 2.15. The summed E-state index contributed by atoms with van der Waals surface area (Å²) in [7, 11) is 0. The lowest BCUT2D eigenvalue weighted by atomic mass is 10.2. The van der Waals surface area contributed by atoms with Gasteiger partial charge < -0.3 is 5.32 Å². The highest BCUT2D eigenvalue weighted by Gasteiger charge is 2.08. The summed E-state index contributed by atoms with van der Waals surface area (Å²) in [6, 6.07) is 1.98. The molecule has 16 heavy (non-hydrogen) atoms. The second-order valence-corrected chi connectivity index (χ2v) is 3.89. The van der Waals surface area contributed by atoms with Crippen LogP contribution in [0.5, 0.6) is 0 Å². The minimum Gasteiger partial charge on any atom is -0.367 e. The summed E-state index contributed by atoms with van der Waals surface area (Å²) in [4.78, 5) is 8.03. The van der Waals surface area contributed by atoms with Gasteiger partial charge >= 0.3 is 0 Å². The Balaban J connectivity index is 2.35. The maximum Gasteiger partial charge on any atom is 0.255 e. The molecule has 0 bridgehead atoms. The molecule has 84 valence electrons. The highest BCUT2D eigenvalue weighted by molar-refractivity contribution is 6.29. The normalized spacial score (nSPS) is 12.6. The van der Waals surface area contributed by atoms with E-state index in [-0.39, 0.29) is 6.04 Å². The van der Waals surface area contributed by atoms with Crippen LogP contribution >= 0.6 is 11.6 Å². The van der Waals surface area contributed by atoms with E-state index in [0.717, 1.165) is 12.2 Å². The van der Waals surface area contributed by atoms with E-state index in [1.165, 1.54) is 6.33 Å². The van der Waals surface area contributed by atoms with E-state index < -0.39 is 0 Å². The summed E-state index contributed by atoms with van der Waals surface area (Å²) in [5.41, 5.74) is 0. The third kappa shape index (κ3) is 2.14. The molecular formula is C10H12ClN5. The standard InChI is InChI=1S/C10H12ClN5/c1-3-4-7(2)14-9-5-8(11)15-10-12-6-13-16(9)10/h3,5-7,14H,1,4H2,2H3. The van der Waals surface area contributed by atoms with E-state index in [1.54, 1.807) is 10.6 Å². The second-order valence-electron chi connectivity index (χ2n) is 3.51. The molecule has 0 fully saturated rings. The van der Waals surface area contributed by atoms with Gasteiger partial charge in [0.1, 0.15) is 17.3 Å². The molecule has 5 nitrogen and oxygen atoms in total. The molecule has 1 unspecified atom stereocenters. The number of fused-ring (bicyclic) bond motifs is 1. The first-order valence-electron chi connectivity index (χ1n) is 4.94. The van der Waals surface area contributed by atoms with Gasteiger partial charge in [0.2, 0.25) is 0 Å². The summed E-state index contributed by atoms with van der Waals surface area (Å²) in [5.74, 6) is 1.27. The lowest BCUT2D eigenvalue weighted by molar-refractivity contribution is 0.790. The summed E-state index contributed by atoms with van der Waals surface area (Å²) in [6.07, 6.45) is 4.16. The van der Waals surface area contributed by atoms with Gasteiger partial charge in [-0.3, -0.25) is 0 Å². The van der Waals surface area contributed by atoms with Gasteiger partial charge in [0.15, 0.2) is 0 Å². The van der Waals surface area contributed by atoms with E-state index in [2.05, 4.69) is 33.9 Å². The topological polar surface area (TPSA) is 55.1 Å². The second kappa shape index (κ2) is 4.49. The molecule has 2 aromatic heterocycles. The van der Waals surface area contributed by atoms with E-state index in [0.29, 0.717) is 10.9 Å². The van der Waals surface area contributed by atoms with Gasteiger partial charge in [-0.25, -0.2) is 0 Å². The summed E-state index contributed by atoms with van der Waals surface area (Å²) in [6.45, 7) is 5.75. The first-order chi connectivity index (χ1) is 7.70. The van der Waals surface area contributed by atoms with E-state index in [1.807, 2.05) is 6.08 Å². The molecule has 6 heteroatoms. The van der Waals surface area contributed by atoms with Crippen LogP contribution in [0.15, 0.2) is 25.0 Å². The van der Waals surface area contributed by atoms with E-state index >= 15 is 0 Å². The Morgan fingerprint density at radius 3 is 3.25 bits per heavy atom. The van der Waals surface area contributed by atoms with Gasteiger partial charge in [0.25, 0.3) is 5.78 Å². The van der Waals surface area contributed by atoms with Crippen molar-refractivity contribution in [3.63, 3.8) is 0 Å². The molecule has 0 aliphatic rings. The van der Waals surface area contributed by atoms with Crippen LogP contribution in [0.2, 0.25) is 5.15 Å². The van der Waals surface area contributed by atoms with Crippen LogP contribution in [0.4, 0.5) is 5.82 Å². The Kier molecular flexibility index (Phi) is 3.05. The van der Waals surface area contributed by atoms with Gasteiger partial charge in [-0.15, -0.1) is 6.58 Å². The number of hydrogen-bond acceptors (Lipinski definition) is 4. The molecule has 1 N–H and O–H groups in total. The number of halogens is 1. The van der Waals surface area contributed by atoms with Crippen molar-refractivity contribution in [3.05, 3.63) is 30.2 Å². The minimum absolute atomic E-state index is 0.253. The Labute approximate surface area is 98.2 Å². The van der Waals surface area contributed by atoms with Gasteiger partial charge in [0.05, 0.1) is 0 Å². The molecular weight excluding hydrogens is 226 g/mol. The van der Waals surface area contributed by atoms with E-state index in [9.17, 15) is 0 Å². The molecule has 2 rings (SSSR count). The van der Waals surface area contributed by atoms with Crippen molar-refractivity contribution in [3.8, 4) is 0 Å². The predicted molar refractivity (Wildman–Crippen MR) is 63.7 cm³/mol. The van der Waals surface area contributed by atoms with Crippen LogP contribution in [0, 0.1) is 0 Å².